The van der Waals surface area contributed by atoms with Gasteiger partial charge in [0.15, 0.2) is 0 Å². The van der Waals surface area contributed by atoms with E-state index in [4.69, 9.17) is 6.57 Å². The number of hydrogen-bond donors (Lipinski definition) is 0. The van der Waals surface area contributed by atoms with Gasteiger partial charge in [0.05, 0.1) is 17.8 Å². The summed E-state index contributed by atoms with van der Waals surface area (Å²) in [5, 5.41) is 14.4. The molecule has 1 aliphatic rings. The average Bonchev–Trinajstić information content (AvgIpc) is 3.34. The van der Waals surface area contributed by atoms with Gasteiger partial charge in [-0.25, -0.2) is 4.39 Å². The van der Waals surface area contributed by atoms with Crippen LogP contribution in [0.5, 0.6) is 0 Å². The first-order valence-electron chi connectivity index (χ1n) is 12.3. The van der Waals surface area contributed by atoms with E-state index in [9.17, 15) is 14.4 Å². The van der Waals surface area contributed by atoms with Gasteiger partial charge in [0, 0.05) is 51.0 Å². The van der Waals surface area contributed by atoms with Gasteiger partial charge in [-0.15, -0.1) is 4.98 Å². The van der Waals surface area contributed by atoms with E-state index in [-0.39, 0.29) is 35.3 Å². The van der Waals surface area contributed by atoms with Crippen LogP contribution in [0, 0.1) is 23.7 Å². The minimum atomic E-state index is -0.394. The van der Waals surface area contributed by atoms with Crippen molar-refractivity contribution in [1.82, 2.24) is 24.2 Å². The SMILES string of the molecule is [C-]#[N+]c1ccc2c(n1)c(N1C[C@@H](C)N(C(c3ccc(F)cc3)c3cnn(C)c3)C[C@@H]1C)c(C#N)c(=O)n2C. The highest BCUT2D eigenvalue weighted by atomic mass is 19.1. The lowest BCUT2D eigenvalue weighted by atomic mass is 9.95. The second kappa shape index (κ2) is 9.73. The molecule has 1 fully saturated rings. The summed E-state index contributed by atoms with van der Waals surface area (Å²) in [5.74, 6) is -0.0913. The lowest BCUT2D eigenvalue weighted by molar-refractivity contribution is 0.130. The van der Waals surface area contributed by atoms with Crippen molar-refractivity contribution in [2.75, 3.05) is 18.0 Å². The molecular weight excluding hydrogens is 483 g/mol. The summed E-state index contributed by atoms with van der Waals surface area (Å²) in [7, 11) is 3.48. The molecule has 9 nitrogen and oxygen atoms in total. The molecule has 4 heterocycles. The van der Waals surface area contributed by atoms with Crippen LogP contribution in [0.15, 0.2) is 53.6 Å². The highest BCUT2D eigenvalue weighted by Crippen LogP contribution is 2.37. The van der Waals surface area contributed by atoms with Crippen LogP contribution < -0.4 is 10.5 Å². The van der Waals surface area contributed by atoms with Crippen molar-refractivity contribution in [3.8, 4) is 6.07 Å². The Kier molecular flexibility index (Phi) is 6.43. The molecule has 0 N–H and O–H groups in total. The first kappa shape index (κ1) is 25.1. The van der Waals surface area contributed by atoms with E-state index in [2.05, 4.69) is 37.7 Å². The highest BCUT2D eigenvalue weighted by molar-refractivity contribution is 5.93. The number of halogens is 1. The molecule has 5 rings (SSSR count). The predicted octanol–water partition coefficient (Wildman–Crippen LogP) is 3.92. The third kappa shape index (κ3) is 4.19. The van der Waals surface area contributed by atoms with Crippen LogP contribution in [0.2, 0.25) is 0 Å². The van der Waals surface area contributed by atoms with E-state index in [0.29, 0.717) is 29.8 Å². The fraction of sp³-hybridized carbons (Fsp3) is 0.321. The number of fused-ring (bicyclic) bond motifs is 1. The second-order valence-corrected chi connectivity index (χ2v) is 9.80. The van der Waals surface area contributed by atoms with Crippen molar-refractivity contribution in [2.24, 2.45) is 14.1 Å². The summed E-state index contributed by atoms with van der Waals surface area (Å²) in [6, 6.07) is 11.6. The number of hydrogen-bond acceptors (Lipinski definition) is 6. The maximum Gasteiger partial charge on any atom is 0.271 e. The normalized spacial score (nSPS) is 18.8. The number of aryl methyl sites for hydroxylation is 2. The standard InChI is InChI=1S/C28H27FN8O/c1-17-15-37(27-22(12-30)28(38)35(5)23-10-11-24(31-3)33-25(23)27)18(2)14-36(17)26(20-13-32-34(4)16-20)19-6-8-21(29)9-7-19/h6-11,13,16-18,26H,14-15H2,1-2,4-5H3/t17-,18+,26?/m1/s1. The average molecular weight is 511 g/mol. The summed E-state index contributed by atoms with van der Waals surface area (Å²) < 4.78 is 16.9. The summed E-state index contributed by atoms with van der Waals surface area (Å²) in [5.41, 5.74) is 3.07. The van der Waals surface area contributed by atoms with Crippen molar-refractivity contribution in [3.63, 3.8) is 0 Å². The largest absolute Gasteiger partial charge is 0.361 e. The van der Waals surface area contributed by atoms with Crippen LogP contribution in [-0.4, -0.2) is 49.4 Å². The van der Waals surface area contributed by atoms with Crippen LogP contribution in [0.3, 0.4) is 0 Å². The topological polar surface area (TPSA) is 87.3 Å². The molecule has 3 aromatic heterocycles. The molecule has 192 valence electrons. The number of nitrogens with zero attached hydrogens (tertiary/aromatic N) is 8. The Hall–Kier alpha value is -4.54. The maximum atomic E-state index is 13.8. The summed E-state index contributed by atoms with van der Waals surface area (Å²) in [6.07, 6.45) is 3.80. The fourth-order valence-corrected chi connectivity index (χ4v) is 5.45. The molecule has 0 saturated carbocycles. The number of piperazine rings is 1. The van der Waals surface area contributed by atoms with Gasteiger partial charge in [0.1, 0.15) is 23.1 Å². The first-order valence-corrected chi connectivity index (χ1v) is 12.3. The highest BCUT2D eigenvalue weighted by Gasteiger charge is 2.38. The first-order chi connectivity index (χ1) is 18.2. The molecule has 0 aliphatic carbocycles. The van der Waals surface area contributed by atoms with Gasteiger partial charge in [0.25, 0.3) is 11.4 Å². The van der Waals surface area contributed by atoms with Crippen LogP contribution in [-0.2, 0) is 14.1 Å². The number of pyridine rings is 2. The van der Waals surface area contributed by atoms with Gasteiger partial charge in [-0.3, -0.25) is 14.4 Å². The van der Waals surface area contributed by atoms with Crippen LogP contribution in [0.1, 0.15) is 36.6 Å². The summed E-state index contributed by atoms with van der Waals surface area (Å²) >= 11 is 0. The predicted molar refractivity (Wildman–Crippen MR) is 142 cm³/mol. The van der Waals surface area contributed by atoms with Gasteiger partial charge in [-0.2, -0.15) is 10.4 Å². The van der Waals surface area contributed by atoms with E-state index in [0.717, 1.165) is 11.1 Å². The minimum Gasteiger partial charge on any atom is -0.361 e. The monoisotopic (exact) mass is 510 g/mol. The third-order valence-electron chi connectivity index (χ3n) is 7.31. The maximum absolute atomic E-state index is 13.8. The van der Waals surface area contributed by atoms with Gasteiger partial charge in [-0.1, -0.05) is 18.7 Å². The Morgan fingerprint density at radius 3 is 2.47 bits per heavy atom. The molecule has 0 radical (unpaired) electrons. The van der Waals surface area contributed by atoms with Gasteiger partial charge < -0.3 is 14.3 Å². The molecular formula is C28H27FN8O. The summed E-state index contributed by atoms with van der Waals surface area (Å²) in [6.45, 7) is 12.7. The van der Waals surface area contributed by atoms with Crippen molar-refractivity contribution in [3.05, 3.63) is 93.1 Å². The lowest BCUT2D eigenvalue weighted by Gasteiger charge is -2.48. The lowest BCUT2D eigenvalue weighted by Crippen LogP contribution is -2.58. The molecule has 0 amide bonds. The molecule has 3 atom stereocenters. The molecule has 38 heavy (non-hydrogen) atoms. The molecule has 0 bridgehead atoms. The van der Waals surface area contributed by atoms with E-state index >= 15 is 0 Å². The van der Waals surface area contributed by atoms with Crippen LogP contribution in [0.4, 0.5) is 15.9 Å². The molecule has 10 heteroatoms. The van der Waals surface area contributed by atoms with Crippen molar-refractivity contribution >= 4 is 22.5 Å². The Bertz CT molecular complexity index is 1660. The Labute approximate surface area is 219 Å². The van der Waals surface area contributed by atoms with Gasteiger partial charge in [-0.05, 0) is 43.7 Å². The molecule has 1 saturated heterocycles. The minimum absolute atomic E-state index is 0.0174. The number of aromatic nitrogens is 4. The zero-order chi connectivity index (χ0) is 27.1. The summed E-state index contributed by atoms with van der Waals surface area (Å²) in [4.78, 5) is 25.6. The number of nitriles is 1. The second-order valence-electron chi connectivity index (χ2n) is 9.80. The number of benzene rings is 1. The smallest absolute Gasteiger partial charge is 0.271 e. The van der Waals surface area contributed by atoms with E-state index in [1.54, 1.807) is 36.0 Å². The van der Waals surface area contributed by atoms with E-state index in [1.807, 2.05) is 26.4 Å². The Morgan fingerprint density at radius 2 is 1.84 bits per heavy atom. The zero-order valence-electron chi connectivity index (χ0n) is 21.6. The van der Waals surface area contributed by atoms with E-state index < -0.39 is 5.56 Å². The van der Waals surface area contributed by atoms with Gasteiger partial charge in [0.2, 0.25) is 5.52 Å². The molecule has 0 spiro atoms. The number of anilines is 1. The Morgan fingerprint density at radius 1 is 1.11 bits per heavy atom. The van der Waals surface area contributed by atoms with E-state index in [1.165, 1.54) is 16.7 Å². The molecule has 1 aliphatic heterocycles. The molecule has 4 aromatic rings. The van der Waals surface area contributed by atoms with Crippen molar-refractivity contribution < 1.29 is 4.39 Å². The van der Waals surface area contributed by atoms with Crippen LogP contribution >= 0.6 is 0 Å². The fourth-order valence-electron chi connectivity index (χ4n) is 5.45. The van der Waals surface area contributed by atoms with Gasteiger partial charge >= 0.3 is 0 Å². The number of rotatable bonds is 4. The molecule has 1 aromatic carbocycles. The third-order valence-corrected chi connectivity index (χ3v) is 7.31. The zero-order valence-corrected chi connectivity index (χ0v) is 21.6. The Balaban J connectivity index is 1.61. The molecule has 1 unspecified atom stereocenters. The van der Waals surface area contributed by atoms with Crippen molar-refractivity contribution in [1.29, 1.82) is 5.26 Å². The van der Waals surface area contributed by atoms with Crippen LogP contribution in [0.25, 0.3) is 15.9 Å². The quantitative estimate of drug-likeness (QED) is 0.387. The van der Waals surface area contributed by atoms with Crippen molar-refractivity contribution in [2.45, 2.75) is 32.0 Å².